The fourth-order valence-electron chi connectivity index (χ4n) is 2.43. The molecule has 114 valence electrons. The normalized spacial score (nSPS) is 17.3. The summed E-state index contributed by atoms with van der Waals surface area (Å²) in [5.74, 6) is 0.621. The lowest BCUT2D eigenvalue weighted by Gasteiger charge is -2.34. The molecule has 5 nitrogen and oxygen atoms in total. The third kappa shape index (κ3) is 3.99. The van der Waals surface area contributed by atoms with E-state index < -0.39 is 0 Å². The van der Waals surface area contributed by atoms with Crippen molar-refractivity contribution in [2.24, 2.45) is 0 Å². The molecule has 1 aliphatic heterocycles. The van der Waals surface area contributed by atoms with Gasteiger partial charge in [-0.15, -0.1) is 12.4 Å². The largest absolute Gasteiger partial charge is 0.504 e. The number of benzene rings is 1. The Labute approximate surface area is 126 Å². The zero-order chi connectivity index (χ0) is 13.7. The van der Waals surface area contributed by atoms with Crippen LogP contribution in [0.4, 0.5) is 0 Å². The zero-order valence-electron chi connectivity index (χ0n) is 11.7. The summed E-state index contributed by atoms with van der Waals surface area (Å²) in [4.78, 5) is 2.25. The van der Waals surface area contributed by atoms with Crippen LogP contribution in [-0.2, 0) is 0 Å². The van der Waals surface area contributed by atoms with Gasteiger partial charge in [-0.3, -0.25) is 4.90 Å². The topological polar surface area (TPSA) is 65.0 Å². The summed E-state index contributed by atoms with van der Waals surface area (Å²) in [5.41, 5.74) is 0.977. The molecule has 2 rings (SSSR count). The van der Waals surface area contributed by atoms with Crippen molar-refractivity contribution in [3.05, 3.63) is 23.8 Å². The number of aliphatic hydroxyl groups excluding tert-OH is 1. The van der Waals surface area contributed by atoms with Crippen LogP contribution in [0.15, 0.2) is 18.2 Å². The highest BCUT2D eigenvalue weighted by Crippen LogP contribution is 2.31. The Morgan fingerprint density at radius 2 is 2.05 bits per heavy atom. The minimum Gasteiger partial charge on any atom is -0.504 e. The summed E-state index contributed by atoms with van der Waals surface area (Å²) in [6.45, 7) is 6.16. The first-order valence-electron chi connectivity index (χ1n) is 6.77. The molecule has 1 saturated heterocycles. The molecule has 1 heterocycles. The van der Waals surface area contributed by atoms with E-state index in [0.717, 1.165) is 31.7 Å². The molecule has 0 radical (unpaired) electrons. The molecule has 0 unspecified atom stereocenters. The Bertz CT molecular complexity index is 411. The quantitative estimate of drug-likeness (QED) is 0.761. The average Bonchev–Trinajstić information content (AvgIpc) is 2.44. The summed E-state index contributed by atoms with van der Waals surface area (Å²) >= 11 is 0. The van der Waals surface area contributed by atoms with Crippen LogP contribution in [0.3, 0.4) is 0 Å². The molecule has 0 bridgehead atoms. The van der Waals surface area contributed by atoms with E-state index in [4.69, 9.17) is 4.74 Å². The Kier molecular flexibility index (Phi) is 7.09. The maximum Gasteiger partial charge on any atom is 0.161 e. The smallest absolute Gasteiger partial charge is 0.161 e. The van der Waals surface area contributed by atoms with Gasteiger partial charge in [0.2, 0.25) is 0 Å². The third-order valence-electron chi connectivity index (χ3n) is 3.43. The van der Waals surface area contributed by atoms with Crippen molar-refractivity contribution in [2.45, 2.75) is 13.0 Å². The Hall–Kier alpha value is -1.01. The van der Waals surface area contributed by atoms with Crippen LogP contribution in [0.2, 0.25) is 0 Å². The number of ether oxygens (including phenoxy) is 1. The SMILES string of the molecule is CCOc1cc([C@H](CO)N2CCNCC2)ccc1O.Cl. The first-order chi connectivity index (χ1) is 9.26. The van der Waals surface area contributed by atoms with Crippen LogP contribution in [0.25, 0.3) is 0 Å². The predicted molar refractivity (Wildman–Crippen MR) is 80.8 cm³/mol. The van der Waals surface area contributed by atoms with Crippen molar-refractivity contribution in [2.75, 3.05) is 39.4 Å². The molecule has 1 aliphatic rings. The monoisotopic (exact) mass is 302 g/mol. The van der Waals surface area contributed by atoms with E-state index in [1.807, 2.05) is 19.1 Å². The number of phenols is 1. The molecule has 0 amide bonds. The molecular formula is C14H23ClN2O3. The van der Waals surface area contributed by atoms with Crippen molar-refractivity contribution >= 4 is 12.4 Å². The van der Waals surface area contributed by atoms with Gasteiger partial charge >= 0.3 is 0 Å². The number of piperazine rings is 1. The van der Waals surface area contributed by atoms with E-state index >= 15 is 0 Å². The Morgan fingerprint density at radius 1 is 1.35 bits per heavy atom. The summed E-state index contributed by atoms with van der Waals surface area (Å²) in [6, 6.07) is 5.26. The number of aliphatic hydroxyl groups is 1. The fraction of sp³-hybridized carbons (Fsp3) is 0.571. The van der Waals surface area contributed by atoms with E-state index in [9.17, 15) is 10.2 Å². The number of halogens is 1. The molecule has 6 heteroatoms. The summed E-state index contributed by atoms with van der Waals surface area (Å²) in [7, 11) is 0. The average molecular weight is 303 g/mol. The summed E-state index contributed by atoms with van der Waals surface area (Å²) < 4.78 is 5.40. The van der Waals surface area contributed by atoms with Crippen LogP contribution >= 0.6 is 12.4 Å². The second-order valence-corrected chi connectivity index (χ2v) is 4.64. The second kappa shape index (κ2) is 8.32. The number of aromatic hydroxyl groups is 1. The second-order valence-electron chi connectivity index (χ2n) is 4.64. The molecule has 0 saturated carbocycles. The molecule has 1 aromatic rings. The highest BCUT2D eigenvalue weighted by Gasteiger charge is 2.22. The molecule has 20 heavy (non-hydrogen) atoms. The van der Waals surface area contributed by atoms with Crippen LogP contribution in [0, 0.1) is 0 Å². The van der Waals surface area contributed by atoms with Crippen LogP contribution in [0.5, 0.6) is 11.5 Å². The van der Waals surface area contributed by atoms with Gasteiger partial charge in [-0.05, 0) is 24.6 Å². The van der Waals surface area contributed by atoms with Gasteiger partial charge in [-0.1, -0.05) is 6.07 Å². The van der Waals surface area contributed by atoms with Crippen molar-refractivity contribution in [3.63, 3.8) is 0 Å². The number of nitrogens with one attached hydrogen (secondary N) is 1. The number of hydrogen-bond donors (Lipinski definition) is 3. The minimum atomic E-state index is -0.0399. The Morgan fingerprint density at radius 3 is 2.65 bits per heavy atom. The third-order valence-corrected chi connectivity index (χ3v) is 3.43. The van der Waals surface area contributed by atoms with Gasteiger partial charge in [-0.25, -0.2) is 0 Å². The van der Waals surface area contributed by atoms with E-state index in [1.165, 1.54) is 0 Å². The molecular weight excluding hydrogens is 280 g/mol. The molecule has 0 aliphatic carbocycles. The van der Waals surface area contributed by atoms with Crippen LogP contribution in [0.1, 0.15) is 18.5 Å². The van der Waals surface area contributed by atoms with Gasteiger partial charge in [0.15, 0.2) is 11.5 Å². The van der Waals surface area contributed by atoms with Crippen LogP contribution in [-0.4, -0.2) is 54.5 Å². The van der Waals surface area contributed by atoms with Crippen molar-refractivity contribution in [1.82, 2.24) is 10.2 Å². The van der Waals surface area contributed by atoms with E-state index in [-0.39, 0.29) is 30.8 Å². The van der Waals surface area contributed by atoms with E-state index in [1.54, 1.807) is 6.07 Å². The Balaban J connectivity index is 0.00000200. The first-order valence-corrected chi connectivity index (χ1v) is 6.77. The minimum absolute atomic E-state index is 0. The lowest BCUT2D eigenvalue weighted by atomic mass is 10.0. The van der Waals surface area contributed by atoms with Crippen molar-refractivity contribution in [3.8, 4) is 11.5 Å². The van der Waals surface area contributed by atoms with Gasteiger partial charge in [0.1, 0.15) is 0 Å². The maximum absolute atomic E-state index is 9.72. The standard InChI is InChI=1S/C14H22N2O3.ClH/c1-2-19-14-9-11(3-4-13(14)18)12(10-17)16-7-5-15-6-8-16;/h3-4,9,12,15,17-18H,2,5-8,10H2,1H3;1H/t12-;/m0./s1. The highest BCUT2D eigenvalue weighted by atomic mass is 35.5. The van der Waals surface area contributed by atoms with Crippen molar-refractivity contribution < 1.29 is 14.9 Å². The van der Waals surface area contributed by atoms with E-state index in [2.05, 4.69) is 10.2 Å². The van der Waals surface area contributed by atoms with Gasteiger partial charge in [-0.2, -0.15) is 0 Å². The lowest BCUT2D eigenvalue weighted by molar-refractivity contribution is 0.110. The highest BCUT2D eigenvalue weighted by molar-refractivity contribution is 5.85. The molecule has 1 fully saturated rings. The molecule has 1 aromatic carbocycles. The van der Waals surface area contributed by atoms with Gasteiger partial charge in [0.05, 0.1) is 19.3 Å². The number of nitrogens with zero attached hydrogens (tertiary/aromatic N) is 1. The molecule has 0 aromatic heterocycles. The van der Waals surface area contributed by atoms with Crippen LogP contribution < -0.4 is 10.1 Å². The van der Waals surface area contributed by atoms with Gasteiger partial charge < -0.3 is 20.3 Å². The number of hydrogen-bond acceptors (Lipinski definition) is 5. The van der Waals surface area contributed by atoms with Gasteiger partial charge in [0, 0.05) is 26.2 Å². The first kappa shape index (κ1) is 17.0. The lowest BCUT2D eigenvalue weighted by Crippen LogP contribution is -2.46. The summed E-state index contributed by atoms with van der Waals surface area (Å²) in [5, 5.41) is 22.7. The summed E-state index contributed by atoms with van der Waals surface area (Å²) in [6.07, 6.45) is 0. The molecule has 1 atom stereocenters. The predicted octanol–water partition coefficient (Wildman–Crippen LogP) is 1.15. The molecule has 3 N–H and O–H groups in total. The number of rotatable bonds is 5. The van der Waals surface area contributed by atoms with Crippen molar-refractivity contribution in [1.29, 1.82) is 0 Å². The van der Waals surface area contributed by atoms with E-state index in [0.29, 0.717) is 12.4 Å². The zero-order valence-corrected chi connectivity index (χ0v) is 12.5. The molecule has 0 spiro atoms. The fourth-order valence-corrected chi connectivity index (χ4v) is 2.43. The van der Waals surface area contributed by atoms with Gasteiger partial charge in [0.25, 0.3) is 0 Å². The number of phenolic OH excluding ortho intramolecular Hbond substituents is 1. The maximum atomic E-state index is 9.72.